The van der Waals surface area contributed by atoms with E-state index >= 15 is 0 Å². The number of alkyl halides is 1. The van der Waals surface area contributed by atoms with Gasteiger partial charge in [0.15, 0.2) is 11.6 Å². The summed E-state index contributed by atoms with van der Waals surface area (Å²) in [5.74, 6) is -1.77. The highest BCUT2D eigenvalue weighted by molar-refractivity contribution is 6.21. The highest BCUT2D eigenvalue weighted by atomic mass is 35.5. The van der Waals surface area contributed by atoms with Crippen molar-refractivity contribution < 1.29 is 13.9 Å². The van der Waals surface area contributed by atoms with Crippen LogP contribution in [0, 0.1) is 11.6 Å². The third kappa shape index (κ3) is 4.22. The first kappa shape index (κ1) is 14.4. The quantitative estimate of drug-likeness (QED) is 0.798. The molecule has 2 nitrogen and oxygen atoms in total. The Hall–Kier alpha value is -0.710. The molecule has 0 fully saturated rings. The molecule has 0 saturated heterocycles. The van der Waals surface area contributed by atoms with E-state index in [0.717, 1.165) is 18.7 Å². The van der Waals surface area contributed by atoms with Crippen molar-refractivity contribution in [3.63, 3.8) is 0 Å². The summed E-state index contributed by atoms with van der Waals surface area (Å²) in [6.07, 6.45) is 0. The molecule has 5 heteroatoms. The molecule has 0 bridgehead atoms. The van der Waals surface area contributed by atoms with Crippen LogP contribution >= 0.6 is 11.6 Å². The number of benzene rings is 1. The van der Waals surface area contributed by atoms with Gasteiger partial charge >= 0.3 is 0 Å². The average Bonchev–Trinajstić information content (AvgIpc) is 2.31. The molecule has 1 atom stereocenters. The zero-order valence-electron chi connectivity index (χ0n) is 9.67. The van der Waals surface area contributed by atoms with Gasteiger partial charge in [0, 0.05) is 13.1 Å². The van der Waals surface area contributed by atoms with Gasteiger partial charge in [0.2, 0.25) is 0 Å². The van der Waals surface area contributed by atoms with E-state index in [0.29, 0.717) is 18.7 Å². The average molecular weight is 264 g/mol. The van der Waals surface area contributed by atoms with E-state index in [1.165, 1.54) is 6.07 Å². The van der Waals surface area contributed by atoms with Crippen LogP contribution in [0.2, 0.25) is 0 Å². The number of rotatable bonds is 6. The maximum atomic E-state index is 13.0. The highest BCUT2D eigenvalue weighted by Gasteiger charge is 2.14. The van der Waals surface area contributed by atoms with Crippen LogP contribution in [0.5, 0.6) is 0 Å². The molecule has 0 aromatic heterocycles. The predicted octanol–water partition coefficient (Wildman–Crippen LogP) is 2.56. The summed E-state index contributed by atoms with van der Waals surface area (Å²) in [7, 11) is 0. The molecule has 96 valence electrons. The summed E-state index contributed by atoms with van der Waals surface area (Å²) in [5, 5.41) is 8.42. The molecule has 0 spiro atoms. The molecular weight excluding hydrogens is 248 g/mol. The van der Waals surface area contributed by atoms with Gasteiger partial charge in [0.25, 0.3) is 0 Å². The van der Waals surface area contributed by atoms with E-state index in [2.05, 4.69) is 0 Å². The molecule has 0 amide bonds. The van der Waals surface area contributed by atoms with Crippen LogP contribution in [0.3, 0.4) is 0 Å². The second-order valence-electron chi connectivity index (χ2n) is 3.76. The lowest BCUT2D eigenvalue weighted by Gasteiger charge is -2.22. The molecule has 0 radical (unpaired) electrons. The Morgan fingerprint density at radius 1 is 1.35 bits per heavy atom. The maximum absolute atomic E-state index is 13.0. The minimum Gasteiger partial charge on any atom is -0.395 e. The second kappa shape index (κ2) is 6.89. The van der Waals surface area contributed by atoms with Crippen molar-refractivity contribution in [3.05, 3.63) is 35.4 Å². The smallest absolute Gasteiger partial charge is 0.159 e. The summed E-state index contributed by atoms with van der Waals surface area (Å²) >= 11 is 6.13. The van der Waals surface area contributed by atoms with Crippen LogP contribution in [0.4, 0.5) is 8.78 Å². The number of hydrogen-bond acceptors (Lipinski definition) is 2. The highest BCUT2D eigenvalue weighted by Crippen LogP contribution is 2.23. The summed E-state index contributed by atoms with van der Waals surface area (Å²) in [4.78, 5) is 1.94. The minimum atomic E-state index is -0.890. The number of aliphatic hydroxyl groups excluding tert-OH is 1. The van der Waals surface area contributed by atoms with Crippen LogP contribution in [0.1, 0.15) is 17.9 Å². The number of halogens is 3. The molecule has 0 heterocycles. The number of likely N-dealkylation sites (N-methyl/N-ethyl adjacent to an activating group) is 1. The van der Waals surface area contributed by atoms with Crippen molar-refractivity contribution in [1.29, 1.82) is 0 Å². The van der Waals surface area contributed by atoms with E-state index in [9.17, 15) is 8.78 Å². The summed E-state index contributed by atoms with van der Waals surface area (Å²) in [5.41, 5.74) is 0.543. The summed E-state index contributed by atoms with van der Waals surface area (Å²) < 4.78 is 25.8. The number of nitrogens with zero attached hydrogens (tertiary/aromatic N) is 1. The van der Waals surface area contributed by atoms with Crippen molar-refractivity contribution >= 4 is 11.6 Å². The third-order valence-corrected chi connectivity index (χ3v) is 2.98. The lowest BCUT2D eigenvalue weighted by Crippen LogP contribution is -2.29. The topological polar surface area (TPSA) is 23.5 Å². The molecule has 1 aromatic carbocycles. The minimum absolute atomic E-state index is 0.0508. The predicted molar refractivity (Wildman–Crippen MR) is 64.2 cm³/mol. The molecule has 0 aliphatic carbocycles. The lowest BCUT2D eigenvalue weighted by molar-refractivity contribution is 0.202. The van der Waals surface area contributed by atoms with Gasteiger partial charge in [-0.3, -0.25) is 4.90 Å². The second-order valence-corrected chi connectivity index (χ2v) is 4.28. The Labute approximate surface area is 105 Å². The van der Waals surface area contributed by atoms with Crippen LogP contribution in [0.15, 0.2) is 18.2 Å². The summed E-state index contributed by atoms with van der Waals surface area (Å²) in [6.45, 7) is 3.75. The van der Waals surface area contributed by atoms with Crippen molar-refractivity contribution in [3.8, 4) is 0 Å². The SMILES string of the molecule is CCN(CCO)CC(Cl)c1ccc(F)c(F)c1. The van der Waals surface area contributed by atoms with E-state index in [1.54, 1.807) is 0 Å². The first-order valence-electron chi connectivity index (χ1n) is 5.50. The van der Waals surface area contributed by atoms with E-state index in [-0.39, 0.29) is 6.61 Å². The molecule has 0 saturated carbocycles. The molecule has 1 aromatic rings. The summed E-state index contributed by atoms with van der Waals surface area (Å²) in [6, 6.07) is 3.66. The van der Waals surface area contributed by atoms with E-state index in [1.807, 2.05) is 11.8 Å². The van der Waals surface area contributed by atoms with Crippen molar-refractivity contribution in [2.45, 2.75) is 12.3 Å². The van der Waals surface area contributed by atoms with Crippen molar-refractivity contribution in [2.24, 2.45) is 0 Å². The molecule has 1 unspecified atom stereocenters. The fourth-order valence-corrected chi connectivity index (χ4v) is 1.89. The Morgan fingerprint density at radius 2 is 2.06 bits per heavy atom. The molecule has 1 N–H and O–H groups in total. The Balaban J connectivity index is 2.68. The largest absolute Gasteiger partial charge is 0.395 e. The van der Waals surface area contributed by atoms with Gasteiger partial charge in [-0.15, -0.1) is 11.6 Å². The lowest BCUT2D eigenvalue weighted by atomic mass is 10.1. The van der Waals surface area contributed by atoms with Gasteiger partial charge in [-0.1, -0.05) is 13.0 Å². The first-order chi connectivity index (χ1) is 8.08. The Bertz CT molecular complexity index is 362. The van der Waals surface area contributed by atoms with Crippen LogP contribution in [-0.4, -0.2) is 36.2 Å². The van der Waals surface area contributed by atoms with E-state index in [4.69, 9.17) is 16.7 Å². The molecule has 1 rings (SSSR count). The molecule has 17 heavy (non-hydrogen) atoms. The van der Waals surface area contributed by atoms with Gasteiger partial charge in [-0.05, 0) is 24.2 Å². The van der Waals surface area contributed by atoms with Gasteiger partial charge < -0.3 is 5.11 Å². The Kier molecular flexibility index (Phi) is 5.82. The van der Waals surface area contributed by atoms with Gasteiger partial charge in [0.05, 0.1) is 12.0 Å². The van der Waals surface area contributed by atoms with E-state index < -0.39 is 17.0 Å². The van der Waals surface area contributed by atoms with Gasteiger partial charge in [0.1, 0.15) is 0 Å². The standard InChI is InChI=1S/C12H16ClF2NO/c1-2-16(5-6-17)8-10(13)9-3-4-11(14)12(15)7-9/h3-4,7,10,17H,2,5-6,8H2,1H3. The van der Waals surface area contributed by atoms with Gasteiger partial charge in [-0.2, -0.15) is 0 Å². The van der Waals surface area contributed by atoms with Crippen molar-refractivity contribution in [2.75, 3.05) is 26.2 Å². The molecule has 0 aliphatic rings. The third-order valence-electron chi connectivity index (χ3n) is 2.59. The number of aliphatic hydroxyl groups is 1. The zero-order valence-corrected chi connectivity index (χ0v) is 10.4. The Morgan fingerprint density at radius 3 is 2.59 bits per heavy atom. The monoisotopic (exact) mass is 263 g/mol. The van der Waals surface area contributed by atoms with Crippen LogP contribution < -0.4 is 0 Å². The zero-order chi connectivity index (χ0) is 12.8. The van der Waals surface area contributed by atoms with Crippen LogP contribution in [0.25, 0.3) is 0 Å². The van der Waals surface area contributed by atoms with Crippen LogP contribution in [-0.2, 0) is 0 Å². The fraction of sp³-hybridized carbons (Fsp3) is 0.500. The molecule has 0 aliphatic heterocycles. The maximum Gasteiger partial charge on any atom is 0.159 e. The molecular formula is C12H16ClF2NO. The fourth-order valence-electron chi connectivity index (χ4n) is 1.56. The first-order valence-corrected chi connectivity index (χ1v) is 5.94. The number of hydrogen-bond donors (Lipinski definition) is 1. The van der Waals surface area contributed by atoms with Crippen molar-refractivity contribution in [1.82, 2.24) is 4.90 Å². The normalized spacial score (nSPS) is 13.1. The van der Waals surface area contributed by atoms with Gasteiger partial charge in [-0.25, -0.2) is 8.78 Å².